The fourth-order valence-electron chi connectivity index (χ4n) is 7.14. The molecule has 42 heavy (non-hydrogen) atoms. The molecule has 2 fully saturated rings. The second-order valence-corrected chi connectivity index (χ2v) is 12.9. The summed E-state index contributed by atoms with van der Waals surface area (Å²) < 4.78 is 13.2. The Kier molecular flexibility index (Phi) is 8.37. The minimum Gasteiger partial charge on any atom is -0.345 e. The lowest BCUT2D eigenvalue weighted by molar-refractivity contribution is 0.0719. The maximum absolute atomic E-state index is 13.7. The van der Waals surface area contributed by atoms with E-state index in [1.54, 1.807) is 6.07 Å². The van der Waals surface area contributed by atoms with Crippen molar-refractivity contribution < 1.29 is 14.0 Å². The van der Waals surface area contributed by atoms with Crippen molar-refractivity contribution in [3.8, 4) is 0 Å². The molecule has 1 N–H and O–H groups in total. The Morgan fingerprint density at radius 3 is 2.55 bits per heavy atom. The van der Waals surface area contributed by atoms with Gasteiger partial charge in [0, 0.05) is 18.7 Å². The average molecular weight is 588 g/mol. The summed E-state index contributed by atoms with van der Waals surface area (Å²) in [5, 5.41) is 3.63. The van der Waals surface area contributed by atoms with Crippen LogP contribution in [0.1, 0.15) is 81.1 Å². The number of nitrogens with one attached hydrogen (secondary N) is 1. The van der Waals surface area contributed by atoms with E-state index in [1.165, 1.54) is 23.3 Å². The van der Waals surface area contributed by atoms with Crippen molar-refractivity contribution in [2.24, 2.45) is 5.41 Å². The summed E-state index contributed by atoms with van der Waals surface area (Å²) in [6, 6.07) is 18.2. The van der Waals surface area contributed by atoms with Gasteiger partial charge >= 0.3 is 0 Å². The molecule has 1 unspecified atom stereocenters. The molecule has 7 heteroatoms. The predicted octanol–water partition coefficient (Wildman–Crippen LogP) is 6.77. The van der Waals surface area contributed by atoms with Crippen LogP contribution in [0.5, 0.6) is 0 Å². The van der Waals surface area contributed by atoms with Crippen LogP contribution in [0.2, 0.25) is 5.02 Å². The SMILES string of the molecule is Cc1cccc(Cl)c1C(=O)NC1CCc2ccc(C(=O)N3CCC4(CCN(CCCc5ccc(F)cc5)CC4)C3)cc21. The molecule has 0 aromatic heterocycles. The molecule has 2 heterocycles. The molecule has 1 atom stereocenters. The van der Waals surface area contributed by atoms with Crippen molar-refractivity contribution in [3.63, 3.8) is 0 Å². The molecule has 2 saturated heterocycles. The fraction of sp³-hybridized carbons (Fsp3) is 0.429. The number of aryl methyl sites for hydroxylation is 3. The fourth-order valence-corrected chi connectivity index (χ4v) is 7.45. The maximum Gasteiger partial charge on any atom is 0.253 e. The predicted molar refractivity (Wildman–Crippen MR) is 165 cm³/mol. The number of hydrogen-bond acceptors (Lipinski definition) is 3. The van der Waals surface area contributed by atoms with Crippen LogP contribution in [0.3, 0.4) is 0 Å². The number of fused-ring (bicyclic) bond motifs is 1. The van der Waals surface area contributed by atoms with E-state index in [-0.39, 0.29) is 29.1 Å². The molecule has 3 aromatic rings. The van der Waals surface area contributed by atoms with Gasteiger partial charge in [-0.3, -0.25) is 9.59 Å². The molecule has 0 saturated carbocycles. The van der Waals surface area contributed by atoms with Gasteiger partial charge in [0.15, 0.2) is 0 Å². The summed E-state index contributed by atoms with van der Waals surface area (Å²) in [4.78, 5) is 31.4. The number of nitrogens with zero attached hydrogens (tertiary/aromatic N) is 2. The summed E-state index contributed by atoms with van der Waals surface area (Å²) in [5.41, 5.74) is 5.70. The summed E-state index contributed by atoms with van der Waals surface area (Å²) in [6.45, 7) is 6.69. The smallest absolute Gasteiger partial charge is 0.253 e. The monoisotopic (exact) mass is 587 g/mol. The molecule has 6 rings (SSSR count). The first-order chi connectivity index (χ1) is 20.3. The third-order valence-corrected chi connectivity index (χ3v) is 10.0. The number of carbonyl (C=O) groups excluding carboxylic acids is 2. The standard InChI is InChI=1S/C35H39ClFN3O2/c1-24-4-2-6-30(36)32(24)33(41)38-31-14-11-26-9-10-27(22-29(26)31)34(42)40-21-17-35(23-40)15-19-39(20-16-35)18-3-5-25-7-12-28(37)13-8-25/h2,4,6-10,12-13,22,31H,3,5,11,14-21,23H2,1H3,(H,38,41). The van der Waals surface area contributed by atoms with Crippen LogP contribution < -0.4 is 5.32 Å². The van der Waals surface area contributed by atoms with Gasteiger partial charge in [0.1, 0.15) is 5.82 Å². The van der Waals surface area contributed by atoms with Crippen molar-refractivity contribution in [2.45, 2.75) is 57.9 Å². The maximum atomic E-state index is 13.7. The summed E-state index contributed by atoms with van der Waals surface area (Å²) in [6.07, 6.45) is 7.03. The normalized spacial score (nSPS) is 19.7. The Labute approximate surface area is 253 Å². The van der Waals surface area contributed by atoms with Gasteiger partial charge in [0.2, 0.25) is 0 Å². The molecule has 3 aliphatic rings. The first-order valence-electron chi connectivity index (χ1n) is 15.3. The van der Waals surface area contributed by atoms with Crippen LogP contribution >= 0.6 is 11.6 Å². The highest BCUT2D eigenvalue weighted by Crippen LogP contribution is 2.41. The topological polar surface area (TPSA) is 52.7 Å². The van der Waals surface area contributed by atoms with Gasteiger partial charge in [0.25, 0.3) is 11.8 Å². The van der Waals surface area contributed by atoms with Gasteiger partial charge < -0.3 is 15.1 Å². The first-order valence-corrected chi connectivity index (χ1v) is 15.6. The lowest BCUT2D eigenvalue weighted by atomic mass is 9.77. The number of benzene rings is 3. The van der Waals surface area contributed by atoms with E-state index in [0.717, 1.165) is 88.8 Å². The van der Waals surface area contributed by atoms with Crippen molar-refractivity contribution in [1.29, 1.82) is 0 Å². The molecule has 0 bridgehead atoms. The highest BCUT2D eigenvalue weighted by molar-refractivity contribution is 6.34. The molecular weight excluding hydrogens is 549 g/mol. The van der Waals surface area contributed by atoms with Crippen LogP contribution in [0.25, 0.3) is 0 Å². The zero-order valence-electron chi connectivity index (χ0n) is 24.3. The second-order valence-electron chi connectivity index (χ2n) is 12.5. The number of likely N-dealkylation sites (tertiary alicyclic amines) is 2. The third kappa shape index (κ3) is 6.11. The first kappa shape index (κ1) is 28.9. The Morgan fingerprint density at radius 2 is 1.79 bits per heavy atom. The van der Waals surface area contributed by atoms with Gasteiger partial charge in [-0.2, -0.15) is 0 Å². The van der Waals surface area contributed by atoms with E-state index in [4.69, 9.17) is 11.6 Å². The molecule has 1 spiro atoms. The van der Waals surface area contributed by atoms with Crippen molar-refractivity contribution in [1.82, 2.24) is 15.1 Å². The van der Waals surface area contributed by atoms with E-state index < -0.39 is 0 Å². The summed E-state index contributed by atoms with van der Waals surface area (Å²) >= 11 is 6.34. The van der Waals surface area contributed by atoms with E-state index in [0.29, 0.717) is 16.1 Å². The van der Waals surface area contributed by atoms with Crippen LogP contribution in [0.15, 0.2) is 60.7 Å². The Bertz CT molecular complexity index is 1450. The molecule has 220 valence electrons. The highest BCUT2D eigenvalue weighted by atomic mass is 35.5. The van der Waals surface area contributed by atoms with Crippen LogP contribution in [-0.4, -0.2) is 54.3 Å². The Hall–Kier alpha value is -3.22. The van der Waals surface area contributed by atoms with Gasteiger partial charge in [-0.15, -0.1) is 0 Å². The number of amides is 2. The number of halogens is 2. The number of piperidine rings is 1. The van der Waals surface area contributed by atoms with Gasteiger partial charge in [0.05, 0.1) is 16.6 Å². The molecule has 1 aliphatic carbocycles. The highest BCUT2D eigenvalue weighted by Gasteiger charge is 2.42. The van der Waals surface area contributed by atoms with E-state index in [1.807, 2.05) is 48.2 Å². The minimum absolute atomic E-state index is 0.0929. The van der Waals surface area contributed by atoms with Crippen LogP contribution in [0.4, 0.5) is 4.39 Å². The molecule has 2 amide bonds. The number of rotatable bonds is 7. The molecule has 0 radical (unpaired) electrons. The second kappa shape index (κ2) is 12.2. The number of carbonyl (C=O) groups is 2. The van der Waals surface area contributed by atoms with Gasteiger partial charge in [-0.25, -0.2) is 4.39 Å². The van der Waals surface area contributed by atoms with Crippen LogP contribution in [0, 0.1) is 18.2 Å². The average Bonchev–Trinajstić information content (AvgIpc) is 3.59. The summed E-state index contributed by atoms with van der Waals surface area (Å²) in [7, 11) is 0. The largest absolute Gasteiger partial charge is 0.345 e. The van der Waals surface area contributed by atoms with Crippen LogP contribution in [-0.2, 0) is 12.8 Å². The zero-order chi connectivity index (χ0) is 29.3. The quantitative estimate of drug-likeness (QED) is 0.332. The third-order valence-electron chi connectivity index (χ3n) is 9.72. The van der Waals surface area contributed by atoms with Crippen molar-refractivity contribution in [3.05, 3.63) is 105 Å². The zero-order valence-corrected chi connectivity index (χ0v) is 25.1. The molecule has 2 aliphatic heterocycles. The van der Waals surface area contributed by atoms with Crippen molar-refractivity contribution >= 4 is 23.4 Å². The molecular formula is C35H39ClFN3O2. The Balaban J connectivity index is 1.03. The Morgan fingerprint density at radius 1 is 1.02 bits per heavy atom. The summed E-state index contributed by atoms with van der Waals surface area (Å²) in [5.74, 6) is -0.260. The van der Waals surface area contributed by atoms with Crippen molar-refractivity contribution in [2.75, 3.05) is 32.7 Å². The minimum atomic E-state index is -0.183. The van der Waals surface area contributed by atoms with E-state index in [2.05, 4.69) is 16.3 Å². The lowest BCUT2D eigenvalue weighted by Crippen LogP contribution is -2.42. The van der Waals surface area contributed by atoms with Gasteiger partial charge in [-0.1, -0.05) is 41.9 Å². The van der Waals surface area contributed by atoms with E-state index in [9.17, 15) is 14.0 Å². The lowest BCUT2D eigenvalue weighted by Gasteiger charge is -2.39. The van der Waals surface area contributed by atoms with E-state index >= 15 is 0 Å². The van der Waals surface area contributed by atoms with Gasteiger partial charge in [-0.05, 0) is 130 Å². The molecule has 5 nitrogen and oxygen atoms in total. The molecule has 3 aromatic carbocycles. The number of hydrogen-bond donors (Lipinski definition) is 1.